The van der Waals surface area contributed by atoms with E-state index in [0.29, 0.717) is 23.9 Å². The topological polar surface area (TPSA) is 66.9 Å². The summed E-state index contributed by atoms with van der Waals surface area (Å²) >= 11 is 0. The number of carbonyl (C=O) groups is 1. The molecule has 1 spiro atoms. The Kier molecular flexibility index (Phi) is 6.05. The number of likely N-dealkylation sites (tertiary alicyclic amines) is 1. The number of rotatable bonds is 4. The summed E-state index contributed by atoms with van der Waals surface area (Å²) in [7, 11) is -3.47. The number of nitrogens with zero attached hydrogens (tertiary/aromatic N) is 2. The van der Waals surface area contributed by atoms with Gasteiger partial charge in [-0.2, -0.15) is 4.31 Å². The third-order valence-corrected chi connectivity index (χ3v) is 10.0. The van der Waals surface area contributed by atoms with Gasteiger partial charge in [-0.05, 0) is 55.9 Å². The molecule has 33 heavy (non-hydrogen) atoms. The van der Waals surface area contributed by atoms with Crippen LogP contribution in [0.15, 0.2) is 54.6 Å². The fourth-order valence-electron chi connectivity index (χ4n) is 5.33. The van der Waals surface area contributed by atoms with Crippen molar-refractivity contribution >= 4 is 15.9 Å². The highest BCUT2D eigenvalue weighted by molar-refractivity contribution is 7.89. The molecule has 1 unspecified atom stereocenters. The maximum atomic E-state index is 13.4. The van der Waals surface area contributed by atoms with Crippen molar-refractivity contribution in [3.05, 3.63) is 71.3 Å². The van der Waals surface area contributed by atoms with Crippen LogP contribution in [0.3, 0.4) is 0 Å². The normalized spacial score (nSPS) is 26.6. The van der Waals surface area contributed by atoms with Crippen molar-refractivity contribution < 1.29 is 17.9 Å². The summed E-state index contributed by atoms with van der Waals surface area (Å²) in [5.41, 5.74) is 2.72. The molecule has 0 radical (unpaired) electrons. The van der Waals surface area contributed by atoms with Crippen LogP contribution in [0.2, 0.25) is 0 Å². The van der Waals surface area contributed by atoms with E-state index in [1.165, 1.54) is 0 Å². The lowest BCUT2D eigenvalue weighted by Gasteiger charge is -2.47. The fraction of sp³-hybridized carbons (Fsp3) is 0.500. The third kappa shape index (κ3) is 4.34. The summed E-state index contributed by atoms with van der Waals surface area (Å²) in [6, 6.07) is 16.9. The van der Waals surface area contributed by atoms with Crippen LogP contribution in [0.25, 0.3) is 0 Å². The van der Waals surface area contributed by atoms with E-state index in [4.69, 9.17) is 4.74 Å². The summed E-state index contributed by atoms with van der Waals surface area (Å²) in [5, 5.41) is -0.501. The molecular weight excluding hydrogens is 436 g/mol. The minimum Gasteiger partial charge on any atom is -0.380 e. The first kappa shape index (κ1) is 22.6. The second kappa shape index (κ2) is 8.85. The summed E-state index contributed by atoms with van der Waals surface area (Å²) in [4.78, 5) is 14.9. The maximum Gasteiger partial charge on any atom is 0.253 e. The van der Waals surface area contributed by atoms with Gasteiger partial charge in [-0.25, -0.2) is 8.42 Å². The lowest BCUT2D eigenvalue weighted by atomic mass is 9.77. The molecule has 1 amide bonds. The first-order valence-electron chi connectivity index (χ1n) is 11.9. The highest BCUT2D eigenvalue weighted by Gasteiger charge is 2.42. The number of amides is 1. The van der Waals surface area contributed by atoms with Crippen molar-refractivity contribution in [3.8, 4) is 0 Å². The Morgan fingerprint density at radius 2 is 1.67 bits per heavy atom. The molecule has 3 saturated heterocycles. The number of hydrogen-bond acceptors (Lipinski definition) is 4. The van der Waals surface area contributed by atoms with Gasteiger partial charge in [-0.1, -0.05) is 42.5 Å². The van der Waals surface area contributed by atoms with Crippen molar-refractivity contribution in [2.24, 2.45) is 5.41 Å². The van der Waals surface area contributed by atoms with E-state index < -0.39 is 15.3 Å². The number of carbonyl (C=O) groups excluding carboxylic acids is 1. The van der Waals surface area contributed by atoms with Crippen molar-refractivity contribution in [2.75, 3.05) is 26.3 Å². The zero-order valence-corrected chi connectivity index (χ0v) is 20.0. The van der Waals surface area contributed by atoms with Gasteiger partial charge in [0.2, 0.25) is 10.0 Å². The van der Waals surface area contributed by atoms with Gasteiger partial charge >= 0.3 is 0 Å². The fourth-order valence-corrected chi connectivity index (χ4v) is 7.53. The molecule has 0 aliphatic carbocycles. The predicted octanol–water partition coefficient (Wildman–Crippen LogP) is 3.99. The Morgan fingerprint density at radius 3 is 2.27 bits per heavy atom. The largest absolute Gasteiger partial charge is 0.380 e. The van der Waals surface area contributed by atoms with E-state index >= 15 is 0 Å². The Hall–Kier alpha value is -2.22. The molecule has 0 saturated carbocycles. The van der Waals surface area contributed by atoms with E-state index in [1.54, 1.807) is 4.31 Å². The van der Waals surface area contributed by atoms with Crippen LogP contribution in [0.5, 0.6) is 0 Å². The van der Waals surface area contributed by atoms with E-state index in [-0.39, 0.29) is 11.9 Å². The predicted molar refractivity (Wildman–Crippen MR) is 127 cm³/mol. The molecule has 2 aromatic carbocycles. The molecule has 0 bridgehead atoms. The van der Waals surface area contributed by atoms with Crippen LogP contribution in [-0.4, -0.2) is 55.9 Å². The van der Waals surface area contributed by atoms with Gasteiger partial charge in [-0.3, -0.25) is 4.79 Å². The average Bonchev–Trinajstić information content (AvgIpc) is 2.81. The van der Waals surface area contributed by atoms with E-state index in [0.717, 1.165) is 56.7 Å². The molecular formula is C26H32N2O4S. The second-order valence-electron chi connectivity index (χ2n) is 9.90. The Labute approximate surface area is 196 Å². The van der Waals surface area contributed by atoms with E-state index in [1.807, 2.05) is 66.4 Å². The number of benzene rings is 2. The molecule has 176 valence electrons. The van der Waals surface area contributed by atoms with Gasteiger partial charge in [0.05, 0.1) is 13.2 Å². The van der Waals surface area contributed by atoms with Gasteiger partial charge in [-0.15, -0.1) is 0 Å². The number of ether oxygens (including phenoxy) is 1. The lowest BCUT2D eigenvalue weighted by molar-refractivity contribution is -0.136. The number of sulfonamides is 1. The molecule has 3 aliphatic rings. The monoisotopic (exact) mass is 468 g/mol. The maximum absolute atomic E-state index is 13.4. The summed E-state index contributed by atoms with van der Waals surface area (Å²) in [6.07, 6.45) is 3.48. The smallest absolute Gasteiger partial charge is 0.253 e. The van der Waals surface area contributed by atoms with Crippen LogP contribution >= 0.6 is 0 Å². The summed E-state index contributed by atoms with van der Waals surface area (Å²) in [5.74, 6) is 0.0553. The zero-order valence-electron chi connectivity index (χ0n) is 19.2. The zero-order chi connectivity index (χ0) is 23.1. The standard InChI is InChI=1S/C26H32N2O4S/c1-20-7-12-24(22-5-3-2-4-6-22)33(30,31)28(20)17-21-8-10-23(11-9-21)25(29)27-15-13-26(14-16-27)18-32-19-26/h2-6,8-11,20,24H,7,12-19H2,1H3/t20-,24?/m0/s1. The average molecular weight is 469 g/mol. The van der Waals surface area contributed by atoms with Gasteiger partial charge in [0.1, 0.15) is 5.25 Å². The highest BCUT2D eigenvalue weighted by atomic mass is 32.2. The molecule has 2 aromatic rings. The minimum absolute atomic E-state index is 0.0487. The van der Waals surface area contributed by atoms with Gasteiger partial charge in [0.25, 0.3) is 5.91 Å². The van der Waals surface area contributed by atoms with Crippen molar-refractivity contribution in [1.29, 1.82) is 0 Å². The Morgan fingerprint density at radius 1 is 1.00 bits per heavy atom. The molecule has 2 atom stereocenters. The molecule has 0 aromatic heterocycles. The molecule has 0 N–H and O–H groups in total. The molecule has 6 nitrogen and oxygen atoms in total. The van der Waals surface area contributed by atoms with Gasteiger partial charge < -0.3 is 9.64 Å². The third-order valence-electron chi connectivity index (χ3n) is 7.66. The van der Waals surface area contributed by atoms with Crippen LogP contribution in [0.1, 0.15) is 59.3 Å². The molecule has 3 heterocycles. The molecule has 7 heteroatoms. The molecule has 3 aliphatic heterocycles. The number of piperidine rings is 1. The molecule has 3 fully saturated rings. The second-order valence-corrected chi connectivity index (χ2v) is 12.0. The van der Waals surface area contributed by atoms with E-state index in [9.17, 15) is 13.2 Å². The SMILES string of the molecule is C[C@H]1CCC(c2ccccc2)S(=O)(=O)N1Cc1ccc(C(=O)N2CCC3(CC2)COC3)cc1. The number of hydrogen-bond donors (Lipinski definition) is 0. The van der Waals surface area contributed by atoms with E-state index in [2.05, 4.69) is 0 Å². The summed E-state index contributed by atoms with van der Waals surface area (Å²) in [6.45, 7) is 5.50. The van der Waals surface area contributed by atoms with Gasteiger partial charge in [0.15, 0.2) is 0 Å². The lowest BCUT2D eigenvalue weighted by Crippen LogP contribution is -2.52. The van der Waals surface area contributed by atoms with Crippen molar-refractivity contribution in [3.63, 3.8) is 0 Å². The Balaban J connectivity index is 1.27. The van der Waals surface area contributed by atoms with Crippen molar-refractivity contribution in [1.82, 2.24) is 9.21 Å². The Bertz CT molecular complexity index is 1090. The van der Waals surface area contributed by atoms with Crippen LogP contribution in [0, 0.1) is 5.41 Å². The quantitative estimate of drug-likeness (QED) is 0.680. The minimum atomic E-state index is -3.47. The summed E-state index contributed by atoms with van der Waals surface area (Å²) < 4.78 is 33.9. The van der Waals surface area contributed by atoms with Crippen LogP contribution in [0.4, 0.5) is 0 Å². The van der Waals surface area contributed by atoms with Crippen LogP contribution in [-0.2, 0) is 21.3 Å². The first-order valence-corrected chi connectivity index (χ1v) is 13.4. The highest BCUT2D eigenvalue weighted by Crippen LogP contribution is 2.39. The first-order chi connectivity index (χ1) is 15.9. The van der Waals surface area contributed by atoms with Gasteiger partial charge in [0, 0.05) is 36.7 Å². The van der Waals surface area contributed by atoms with Crippen molar-refractivity contribution in [2.45, 2.75) is 50.4 Å². The molecule has 5 rings (SSSR count). The van der Waals surface area contributed by atoms with Crippen LogP contribution < -0.4 is 0 Å².